The molecule has 1 rings (SSSR count). The summed E-state index contributed by atoms with van der Waals surface area (Å²) in [7, 11) is 0. The second-order valence-electron chi connectivity index (χ2n) is 1.77. The monoisotopic (exact) mass is 264 g/mol. The van der Waals surface area contributed by atoms with Gasteiger partial charge < -0.3 is 4.57 Å². The minimum atomic E-state index is 0.777. The molecule has 1 aromatic rings. The maximum absolute atomic E-state index is 4.02. The van der Waals surface area contributed by atoms with Crippen molar-refractivity contribution >= 4 is 31.9 Å². The van der Waals surface area contributed by atoms with E-state index in [-0.39, 0.29) is 0 Å². The summed E-state index contributed by atoms with van der Waals surface area (Å²) in [6, 6.07) is 0. The fraction of sp³-hybridized carbons (Fsp3) is 0.167. The van der Waals surface area contributed by atoms with E-state index in [1.165, 1.54) is 0 Å². The molecule has 10 heavy (non-hydrogen) atoms. The number of hydrogen-bond donors (Lipinski definition) is 0. The lowest BCUT2D eigenvalue weighted by Gasteiger charge is -1.96. The van der Waals surface area contributed by atoms with Gasteiger partial charge in [-0.15, -0.1) is 6.58 Å². The molecule has 1 heterocycles. The number of aromatic nitrogens is 2. The number of allylic oxidation sites excluding steroid dienone is 1. The molecule has 4 heteroatoms. The van der Waals surface area contributed by atoms with Crippen LogP contribution in [0.25, 0.3) is 0 Å². The van der Waals surface area contributed by atoms with E-state index in [0.717, 1.165) is 15.8 Å². The summed E-state index contributed by atoms with van der Waals surface area (Å²) >= 11 is 6.63. The van der Waals surface area contributed by atoms with E-state index in [0.29, 0.717) is 0 Å². The summed E-state index contributed by atoms with van der Waals surface area (Å²) in [6.45, 7) is 4.40. The van der Waals surface area contributed by atoms with Crippen LogP contribution in [0.5, 0.6) is 0 Å². The highest BCUT2D eigenvalue weighted by atomic mass is 79.9. The normalized spacial score (nSPS) is 9.80. The molecule has 0 spiro atoms. The molecule has 0 radical (unpaired) electrons. The lowest BCUT2D eigenvalue weighted by Crippen LogP contribution is -1.91. The first kappa shape index (κ1) is 8.01. The van der Waals surface area contributed by atoms with Gasteiger partial charge >= 0.3 is 0 Å². The van der Waals surface area contributed by atoms with Crippen LogP contribution in [0, 0.1) is 0 Å². The fourth-order valence-electron chi connectivity index (χ4n) is 0.609. The van der Waals surface area contributed by atoms with E-state index in [1.807, 2.05) is 10.6 Å². The molecule has 0 aliphatic carbocycles. The second-order valence-corrected chi connectivity index (χ2v) is 3.27. The molecule has 54 valence electrons. The van der Waals surface area contributed by atoms with Crippen LogP contribution in [0.3, 0.4) is 0 Å². The topological polar surface area (TPSA) is 17.8 Å². The number of nitrogens with zero attached hydrogens (tertiary/aromatic N) is 2. The summed E-state index contributed by atoms with van der Waals surface area (Å²) in [5.41, 5.74) is 0. The van der Waals surface area contributed by atoms with Crippen molar-refractivity contribution in [3.05, 3.63) is 28.2 Å². The van der Waals surface area contributed by atoms with Gasteiger partial charge in [0.15, 0.2) is 0 Å². The van der Waals surface area contributed by atoms with E-state index < -0.39 is 0 Å². The van der Waals surface area contributed by atoms with Crippen molar-refractivity contribution in [1.29, 1.82) is 0 Å². The molecule has 0 amide bonds. The first-order valence-corrected chi connectivity index (χ1v) is 4.31. The lowest BCUT2D eigenvalue weighted by atomic mass is 10.6. The molecule has 0 aliphatic heterocycles. The lowest BCUT2D eigenvalue weighted by molar-refractivity contribution is 0.802. The Labute approximate surface area is 76.2 Å². The number of imidazole rings is 1. The van der Waals surface area contributed by atoms with E-state index in [9.17, 15) is 0 Å². The minimum Gasteiger partial charge on any atom is -0.321 e. The second kappa shape index (κ2) is 3.34. The van der Waals surface area contributed by atoms with E-state index in [4.69, 9.17) is 0 Å². The van der Waals surface area contributed by atoms with Gasteiger partial charge in [-0.25, -0.2) is 4.98 Å². The molecule has 0 saturated heterocycles. The van der Waals surface area contributed by atoms with Gasteiger partial charge in [0.2, 0.25) is 0 Å². The van der Waals surface area contributed by atoms with Crippen molar-refractivity contribution < 1.29 is 0 Å². The molecule has 0 aliphatic rings. The summed E-state index contributed by atoms with van der Waals surface area (Å²) in [5, 5.41) is 0. The Kier molecular flexibility index (Phi) is 2.68. The average Bonchev–Trinajstić information content (AvgIpc) is 2.20. The van der Waals surface area contributed by atoms with Crippen molar-refractivity contribution in [1.82, 2.24) is 9.55 Å². The van der Waals surface area contributed by atoms with Gasteiger partial charge in [-0.05, 0) is 31.9 Å². The molecular weight excluding hydrogens is 260 g/mol. The Bertz CT molecular complexity index is 242. The molecule has 0 N–H and O–H groups in total. The largest absolute Gasteiger partial charge is 0.321 e. The Hall–Kier alpha value is -0.0900. The molecule has 1 aromatic heterocycles. The minimum absolute atomic E-state index is 0.777. The Balaban J connectivity index is 2.93. The number of hydrogen-bond acceptors (Lipinski definition) is 1. The van der Waals surface area contributed by atoms with Crippen molar-refractivity contribution in [3.63, 3.8) is 0 Å². The van der Waals surface area contributed by atoms with Crippen LogP contribution < -0.4 is 0 Å². The van der Waals surface area contributed by atoms with Gasteiger partial charge in [-0.3, -0.25) is 0 Å². The first-order chi connectivity index (χ1) is 4.75. The summed E-state index contributed by atoms with van der Waals surface area (Å²) in [5.74, 6) is 0. The fourth-order valence-corrected chi connectivity index (χ4v) is 1.27. The molecule has 0 atom stereocenters. The third kappa shape index (κ3) is 1.49. The Morgan fingerprint density at radius 3 is 2.80 bits per heavy atom. The molecular formula is C6H6Br2N2. The smallest absolute Gasteiger partial charge is 0.138 e. The highest BCUT2D eigenvalue weighted by Crippen LogP contribution is 2.20. The predicted molar refractivity (Wildman–Crippen MR) is 47.8 cm³/mol. The summed E-state index contributed by atoms with van der Waals surface area (Å²) < 4.78 is 3.72. The van der Waals surface area contributed by atoms with Gasteiger partial charge in [0, 0.05) is 6.54 Å². The van der Waals surface area contributed by atoms with Crippen LogP contribution in [-0.4, -0.2) is 9.55 Å². The average molecular weight is 266 g/mol. The molecule has 0 bridgehead atoms. The predicted octanol–water partition coefficient (Wildman–Crippen LogP) is 2.59. The van der Waals surface area contributed by atoms with E-state index in [1.54, 1.807) is 6.33 Å². The summed E-state index contributed by atoms with van der Waals surface area (Å²) in [6.07, 6.45) is 3.56. The van der Waals surface area contributed by atoms with Crippen LogP contribution >= 0.6 is 31.9 Å². The standard InChI is InChI=1S/C6H6Br2N2/c1-2-3-10-4-9-5(7)6(10)8/h2,4H,1,3H2. The van der Waals surface area contributed by atoms with Crippen molar-refractivity contribution in [3.8, 4) is 0 Å². The highest BCUT2D eigenvalue weighted by Gasteiger charge is 2.01. The van der Waals surface area contributed by atoms with Gasteiger partial charge in [-0.2, -0.15) is 0 Å². The molecule has 0 unspecified atom stereocenters. The number of rotatable bonds is 2. The van der Waals surface area contributed by atoms with Crippen LogP contribution in [-0.2, 0) is 6.54 Å². The highest BCUT2D eigenvalue weighted by molar-refractivity contribution is 9.13. The maximum Gasteiger partial charge on any atom is 0.138 e. The molecule has 2 nitrogen and oxygen atoms in total. The van der Waals surface area contributed by atoms with Crippen LogP contribution in [0.2, 0.25) is 0 Å². The third-order valence-corrected chi connectivity index (χ3v) is 3.00. The zero-order valence-electron chi connectivity index (χ0n) is 5.22. The molecule has 0 saturated carbocycles. The van der Waals surface area contributed by atoms with Crippen LogP contribution in [0.4, 0.5) is 0 Å². The van der Waals surface area contributed by atoms with Gasteiger partial charge in [0.1, 0.15) is 9.21 Å². The molecule has 0 fully saturated rings. The summed E-state index contributed by atoms with van der Waals surface area (Å²) in [4.78, 5) is 4.02. The maximum atomic E-state index is 4.02. The van der Waals surface area contributed by atoms with E-state index in [2.05, 4.69) is 43.4 Å². The quantitative estimate of drug-likeness (QED) is 0.752. The zero-order chi connectivity index (χ0) is 7.56. The van der Waals surface area contributed by atoms with Crippen LogP contribution in [0.1, 0.15) is 0 Å². The zero-order valence-corrected chi connectivity index (χ0v) is 8.39. The van der Waals surface area contributed by atoms with E-state index >= 15 is 0 Å². The van der Waals surface area contributed by atoms with Gasteiger partial charge in [0.05, 0.1) is 6.33 Å². The SMILES string of the molecule is C=CCn1cnc(Br)c1Br. The third-order valence-electron chi connectivity index (χ3n) is 1.06. The van der Waals surface area contributed by atoms with Crippen LogP contribution in [0.15, 0.2) is 28.2 Å². The van der Waals surface area contributed by atoms with Crippen molar-refractivity contribution in [2.24, 2.45) is 0 Å². The Morgan fingerprint density at radius 1 is 1.70 bits per heavy atom. The van der Waals surface area contributed by atoms with Gasteiger partial charge in [-0.1, -0.05) is 6.08 Å². The van der Waals surface area contributed by atoms with Gasteiger partial charge in [0.25, 0.3) is 0 Å². The Morgan fingerprint density at radius 2 is 2.40 bits per heavy atom. The van der Waals surface area contributed by atoms with Crippen molar-refractivity contribution in [2.45, 2.75) is 6.54 Å². The van der Waals surface area contributed by atoms with Crippen molar-refractivity contribution in [2.75, 3.05) is 0 Å². The molecule has 0 aromatic carbocycles. The number of halogens is 2. The first-order valence-electron chi connectivity index (χ1n) is 2.72.